The number of aromatic carboxylic acids is 2. The number of ether oxygens (including phenoxy) is 3. The van der Waals surface area contributed by atoms with Crippen LogP contribution < -0.4 is 24.8 Å². The number of carbonyl (C=O) groups is 4. The molecule has 0 unspecified atom stereocenters. The molecule has 0 spiro atoms. The second-order valence-corrected chi connectivity index (χ2v) is 13.1. The Morgan fingerprint density at radius 2 is 1.16 bits per heavy atom. The van der Waals surface area contributed by atoms with Crippen LogP contribution in [-0.2, 0) is 4.79 Å². The van der Waals surface area contributed by atoms with Crippen LogP contribution in [0, 0.1) is 0 Å². The molecule has 4 N–H and O–H groups in total. The second kappa shape index (κ2) is 20.7. The molecule has 0 aliphatic carbocycles. The van der Waals surface area contributed by atoms with Gasteiger partial charge in [-0.15, -0.1) is 12.6 Å². The summed E-state index contributed by atoms with van der Waals surface area (Å²) in [6, 6.07) is 24.0. The van der Waals surface area contributed by atoms with Gasteiger partial charge < -0.3 is 35.1 Å². The van der Waals surface area contributed by atoms with Gasteiger partial charge in [-0.05, 0) is 79.6 Å². The van der Waals surface area contributed by atoms with E-state index in [2.05, 4.69) is 23.3 Å². The summed E-state index contributed by atoms with van der Waals surface area (Å²) in [5, 5.41) is 24.3. The number of para-hydroxylation sites is 1. The number of unbranched alkanes of at least 4 members (excludes halogenated alkanes) is 2. The van der Waals surface area contributed by atoms with Gasteiger partial charge in [0.15, 0.2) is 0 Å². The predicted octanol–water partition coefficient (Wildman–Crippen LogP) is 7.81. The minimum absolute atomic E-state index is 0.0105. The van der Waals surface area contributed by atoms with Gasteiger partial charge in [0.05, 0.1) is 38.0 Å². The summed E-state index contributed by atoms with van der Waals surface area (Å²) >= 11 is 4.30. The van der Waals surface area contributed by atoms with Crippen molar-refractivity contribution in [2.45, 2.75) is 40.4 Å². The molecule has 4 aromatic carbocycles. The zero-order valence-corrected chi connectivity index (χ0v) is 30.2. The molecule has 0 fully saturated rings. The molecule has 0 saturated carbocycles. The maximum absolute atomic E-state index is 12.2. The first-order valence-electron chi connectivity index (χ1n) is 15.2. The van der Waals surface area contributed by atoms with Crippen LogP contribution in [0.15, 0.2) is 99.6 Å². The minimum atomic E-state index is -1.08. The number of carbonyl (C=O) groups excluding carboxylic acids is 2. The third kappa shape index (κ3) is 12.6. The van der Waals surface area contributed by atoms with Crippen LogP contribution in [0.4, 0.5) is 5.69 Å². The summed E-state index contributed by atoms with van der Waals surface area (Å²) in [7, 11) is 6.81. The Hall–Kier alpha value is -4.79. The molecule has 2 amide bonds. The lowest BCUT2D eigenvalue weighted by Crippen LogP contribution is -2.25. The number of thiol groups is 1. The number of carboxylic acid groups (broad SMARTS) is 2. The van der Waals surface area contributed by atoms with E-state index >= 15 is 0 Å². The fourth-order valence-electron chi connectivity index (χ4n) is 4.29. The molecule has 0 aromatic heterocycles. The maximum atomic E-state index is 12.2. The average molecular weight is 739 g/mol. The minimum Gasteiger partial charge on any atom is -0.497 e. The first kappa shape index (κ1) is 39.6. The van der Waals surface area contributed by atoms with Crippen LogP contribution in [0.25, 0.3) is 0 Å². The van der Waals surface area contributed by atoms with Gasteiger partial charge >= 0.3 is 11.9 Å². The molecule has 0 atom stereocenters. The Morgan fingerprint density at radius 3 is 1.66 bits per heavy atom. The predicted molar refractivity (Wildman–Crippen MR) is 198 cm³/mol. The van der Waals surface area contributed by atoms with Gasteiger partial charge in [-0.2, -0.15) is 0 Å². The summed E-state index contributed by atoms with van der Waals surface area (Å²) in [6.07, 6.45) is 2.94. The number of nitrogens with one attached hydrogen (secondary N) is 2. The molecule has 0 aliphatic rings. The van der Waals surface area contributed by atoms with Crippen molar-refractivity contribution in [3.05, 3.63) is 102 Å². The van der Waals surface area contributed by atoms with Crippen LogP contribution in [0.2, 0.25) is 0 Å². The Bertz CT molecular complexity index is 1710. The van der Waals surface area contributed by atoms with Gasteiger partial charge in [-0.3, -0.25) is 9.59 Å². The molecule has 11 nitrogen and oxygen atoms in total. The van der Waals surface area contributed by atoms with Crippen molar-refractivity contribution in [2.75, 3.05) is 33.2 Å². The Kier molecular flexibility index (Phi) is 16.4. The average Bonchev–Trinajstić information content (AvgIpc) is 3.12. The van der Waals surface area contributed by atoms with Gasteiger partial charge in [0.25, 0.3) is 5.91 Å². The number of carboxylic acids is 2. The van der Waals surface area contributed by atoms with Crippen LogP contribution >= 0.6 is 34.2 Å². The lowest BCUT2D eigenvalue weighted by Gasteiger charge is -2.10. The number of rotatable bonds is 16. The van der Waals surface area contributed by atoms with Gasteiger partial charge in [0.2, 0.25) is 5.91 Å². The van der Waals surface area contributed by atoms with Crippen molar-refractivity contribution < 1.29 is 43.6 Å². The fourth-order valence-corrected chi connectivity index (χ4v) is 6.85. The number of anilines is 1. The molecule has 4 rings (SSSR count). The van der Waals surface area contributed by atoms with Crippen molar-refractivity contribution in [3.63, 3.8) is 0 Å². The van der Waals surface area contributed by atoms with E-state index in [1.807, 2.05) is 30.3 Å². The van der Waals surface area contributed by atoms with E-state index in [0.29, 0.717) is 50.5 Å². The Labute approximate surface area is 303 Å². The maximum Gasteiger partial charge on any atom is 0.336 e. The molecular formula is C36H38N2O9S3. The topological polar surface area (TPSA) is 160 Å². The van der Waals surface area contributed by atoms with E-state index in [4.69, 9.17) is 14.2 Å². The molecule has 50 heavy (non-hydrogen) atoms. The molecule has 0 heterocycles. The molecule has 4 aromatic rings. The second-order valence-electron chi connectivity index (χ2n) is 10.4. The number of amides is 2. The molecular weight excluding hydrogens is 701 g/mol. The summed E-state index contributed by atoms with van der Waals surface area (Å²) in [5.41, 5.74) is 1.50. The molecule has 0 bridgehead atoms. The molecule has 264 valence electrons. The van der Waals surface area contributed by atoms with E-state index in [0.717, 1.165) is 24.9 Å². The van der Waals surface area contributed by atoms with Crippen LogP contribution in [-0.4, -0.2) is 61.8 Å². The van der Waals surface area contributed by atoms with Crippen LogP contribution in [0.3, 0.4) is 0 Å². The van der Waals surface area contributed by atoms with Crippen LogP contribution in [0.5, 0.6) is 17.2 Å². The quantitative estimate of drug-likeness (QED) is 0.0433. The standard InChI is InChI=1S/C20H24N2O3S.C16H14O6S2/c1-25-16-11-12-18(26)17(14-16)20(24)21-13-7-3-6-10-19(23)22-15-8-4-2-5-9-15;1-21-9-3-5-13(11(7-9)15(17)18)23-24-14-6-4-10(22-2)8-12(14)16(19)20/h2,4-5,8-9,11-12,14,26H,3,6-7,10,13H2,1H3,(H,21,24)(H,22,23);3-8H,1-2H3,(H,17,18)(H,19,20). The van der Waals surface area contributed by atoms with Crippen molar-refractivity contribution >= 4 is 63.7 Å². The van der Waals surface area contributed by atoms with E-state index in [-0.39, 0.29) is 22.9 Å². The van der Waals surface area contributed by atoms with E-state index in [1.165, 1.54) is 47.9 Å². The molecule has 0 radical (unpaired) electrons. The van der Waals surface area contributed by atoms with Crippen molar-refractivity contribution in [1.29, 1.82) is 0 Å². The van der Waals surface area contributed by atoms with Crippen LogP contribution in [0.1, 0.15) is 56.8 Å². The largest absolute Gasteiger partial charge is 0.497 e. The Balaban J connectivity index is 0.000000271. The summed E-state index contributed by atoms with van der Waals surface area (Å²) < 4.78 is 15.2. The van der Waals surface area contributed by atoms with Gasteiger partial charge in [-0.25, -0.2) is 9.59 Å². The first-order valence-corrected chi connectivity index (χ1v) is 17.8. The highest BCUT2D eigenvalue weighted by molar-refractivity contribution is 8.76. The Morgan fingerprint density at radius 1 is 0.660 bits per heavy atom. The van der Waals surface area contributed by atoms with Crippen molar-refractivity contribution in [1.82, 2.24) is 5.32 Å². The molecule has 0 saturated heterocycles. The molecule has 0 aliphatic heterocycles. The highest BCUT2D eigenvalue weighted by Gasteiger charge is 2.17. The van der Waals surface area contributed by atoms with E-state index in [1.54, 1.807) is 49.6 Å². The molecule has 14 heteroatoms. The first-order chi connectivity index (χ1) is 24.1. The highest BCUT2D eigenvalue weighted by atomic mass is 33.1. The third-order valence-corrected chi connectivity index (χ3v) is 9.80. The lowest BCUT2D eigenvalue weighted by molar-refractivity contribution is -0.116. The normalized spacial score (nSPS) is 10.2. The number of hydrogen-bond acceptors (Lipinski definition) is 10. The summed E-state index contributed by atoms with van der Waals surface area (Å²) in [4.78, 5) is 48.4. The van der Waals surface area contributed by atoms with Gasteiger partial charge in [0, 0.05) is 33.3 Å². The van der Waals surface area contributed by atoms with Gasteiger partial charge in [0.1, 0.15) is 17.2 Å². The van der Waals surface area contributed by atoms with Crippen molar-refractivity contribution in [3.8, 4) is 17.2 Å². The smallest absolute Gasteiger partial charge is 0.336 e. The number of benzene rings is 4. The zero-order chi connectivity index (χ0) is 36.5. The van der Waals surface area contributed by atoms with E-state index in [9.17, 15) is 29.4 Å². The fraction of sp³-hybridized carbons (Fsp3) is 0.222. The summed E-state index contributed by atoms with van der Waals surface area (Å²) in [5.74, 6) is -0.811. The van der Waals surface area contributed by atoms with Crippen molar-refractivity contribution in [2.24, 2.45) is 0 Å². The number of hydrogen-bond donors (Lipinski definition) is 5. The third-order valence-electron chi connectivity index (χ3n) is 6.93. The van der Waals surface area contributed by atoms with E-state index < -0.39 is 11.9 Å². The zero-order valence-electron chi connectivity index (χ0n) is 27.6. The summed E-state index contributed by atoms with van der Waals surface area (Å²) in [6.45, 7) is 0.559. The highest BCUT2D eigenvalue weighted by Crippen LogP contribution is 2.42. The lowest BCUT2D eigenvalue weighted by atomic mass is 10.1. The monoisotopic (exact) mass is 738 g/mol. The SMILES string of the molecule is COc1ccc(S)c(C(=O)NCCCCCC(=O)Nc2ccccc2)c1.COc1ccc(SSc2ccc(OC)cc2C(=O)O)c(C(=O)O)c1. The van der Waals surface area contributed by atoms with Gasteiger partial charge in [-0.1, -0.05) is 46.2 Å². The number of methoxy groups -OCH3 is 3.